The van der Waals surface area contributed by atoms with Crippen LogP contribution in [-0.2, 0) is 9.53 Å². The first-order valence-corrected chi connectivity index (χ1v) is 4.92. The number of ether oxygens (including phenoxy) is 1. The van der Waals surface area contributed by atoms with Crippen molar-refractivity contribution < 1.29 is 9.53 Å². The van der Waals surface area contributed by atoms with Crippen LogP contribution in [0.1, 0.15) is 33.1 Å². The molecule has 0 heterocycles. The zero-order valence-corrected chi connectivity index (χ0v) is 8.88. The molecule has 0 unspecified atom stereocenters. The lowest BCUT2D eigenvalue weighted by Crippen LogP contribution is -2.29. The minimum Gasteiger partial charge on any atom is -0.369 e. The van der Waals surface area contributed by atoms with Crippen LogP contribution in [0.25, 0.3) is 0 Å². The minimum atomic E-state index is -0.0874. The number of nitrogens with one attached hydrogen (secondary N) is 1. The summed E-state index contributed by atoms with van der Waals surface area (Å²) in [6, 6.07) is 2.06. The summed E-state index contributed by atoms with van der Waals surface area (Å²) in [7, 11) is 0. The summed E-state index contributed by atoms with van der Waals surface area (Å²) in [6.45, 7) is 4.53. The van der Waals surface area contributed by atoms with Crippen LogP contribution < -0.4 is 5.32 Å². The molecule has 0 saturated carbocycles. The van der Waals surface area contributed by atoms with Gasteiger partial charge >= 0.3 is 0 Å². The van der Waals surface area contributed by atoms with E-state index in [0.29, 0.717) is 13.0 Å². The number of unbranched alkanes of at least 4 members (excludes halogenated alkanes) is 2. The van der Waals surface area contributed by atoms with Crippen LogP contribution in [0.4, 0.5) is 0 Å². The van der Waals surface area contributed by atoms with Crippen molar-refractivity contribution in [3.8, 4) is 6.07 Å². The van der Waals surface area contributed by atoms with E-state index in [4.69, 9.17) is 10.00 Å². The monoisotopic (exact) mass is 198 g/mol. The van der Waals surface area contributed by atoms with Gasteiger partial charge in [-0.2, -0.15) is 5.26 Å². The molecule has 0 saturated heterocycles. The second-order valence-corrected chi connectivity index (χ2v) is 3.32. The third-order valence-electron chi connectivity index (χ3n) is 1.59. The van der Waals surface area contributed by atoms with Crippen LogP contribution in [0, 0.1) is 11.3 Å². The summed E-state index contributed by atoms with van der Waals surface area (Å²) in [5.74, 6) is -0.0874. The van der Waals surface area contributed by atoms with Gasteiger partial charge in [0, 0.05) is 13.0 Å². The van der Waals surface area contributed by atoms with Crippen LogP contribution in [0.2, 0.25) is 0 Å². The summed E-state index contributed by atoms with van der Waals surface area (Å²) in [5, 5.41) is 11.0. The Morgan fingerprint density at radius 3 is 2.79 bits per heavy atom. The Balaban J connectivity index is 3.24. The molecule has 1 N–H and O–H groups in total. The quantitative estimate of drug-likeness (QED) is 0.626. The number of carbonyl (C=O) groups excluding carboxylic acids is 1. The zero-order chi connectivity index (χ0) is 10.8. The number of nitriles is 1. The molecular weight excluding hydrogens is 180 g/mol. The first kappa shape index (κ1) is 12.9. The van der Waals surface area contributed by atoms with Gasteiger partial charge in [0.1, 0.15) is 6.61 Å². The number of rotatable bonds is 7. The van der Waals surface area contributed by atoms with Crippen molar-refractivity contribution in [1.82, 2.24) is 5.32 Å². The molecule has 0 aliphatic heterocycles. The summed E-state index contributed by atoms with van der Waals surface area (Å²) in [5.41, 5.74) is 0. The largest absolute Gasteiger partial charge is 0.369 e. The molecule has 0 spiro atoms. The fourth-order valence-electron chi connectivity index (χ4n) is 0.850. The smallest absolute Gasteiger partial charge is 0.246 e. The van der Waals surface area contributed by atoms with E-state index in [-0.39, 0.29) is 18.6 Å². The number of amides is 1. The molecule has 1 amide bonds. The maximum absolute atomic E-state index is 11.1. The van der Waals surface area contributed by atoms with Gasteiger partial charge in [0.2, 0.25) is 5.91 Å². The highest BCUT2D eigenvalue weighted by atomic mass is 16.5. The highest BCUT2D eigenvalue weighted by molar-refractivity contribution is 5.77. The lowest BCUT2D eigenvalue weighted by atomic mass is 10.2. The fourth-order valence-corrected chi connectivity index (χ4v) is 0.850. The van der Waals surface area contributed by atoms with Crippen LogP contribution in [0.3, 0.4) is 0 Å². The fraction of sp³-hybridized carbons (Fsp3) is 0.800. The zero-order valence-electron chi connectivity index (χ0n) is 8.88. The second-order valence-electron chi connectivity index (χ2n) is 3.32. The van der Waals surface area contributed by atoms with Gasteiger partial charge < -0.3 is 10.1 Å². The Morgan fingerprint density at radius 1 is 1.50 bits per heavy atom. The normalized spacial score (nSPS) is 9.86. The predicted octanol–water partition coefficient (Wildman–Crippen LogP) is 1.22. The van der Waals surface area contributed by atoms with Crippen LogP contribution in [-0.4, -0.2) is 25.2 Å². The molecule has 0 aromatic carbocycles. The highest BCUT2D eigenvalue weighted by Crippen LogP contribution is 1.91. The highest BCUT2D eigenvalue weighted by Gasteiger charge is 2.01. The average Bonchev–Trinajstić information content (AvgIpc) is 2.14. The summed E-state index contributed by atoms with van der Waals surface area (Å²) in [6.07, 6.45) is 2.32. The summed E-state index contributed by atoms with van der Waals surface area (Å²) in [4.78, 5) is 11.1. The van der Waals surface area contributed by atoms with E-state index >= 15 is 0 Å². The van der Waals surface area contributed by atoms with Crippen molar-refractivity contribution in [2.24, 2.45) is 0 Å². The Bertz CT molecular complexity index is 197. The maximum atomic E-state index is 11.1. The SMILES string of the molecule is CC(C)OCC(=O)NCCCCC#N. The molecule has 0 aromatic heterocycles. The first-order chi connectivity index (χ1) is 6.66. The van der Waals surface area contributed by atoms with Gasteiger partial charge in [-0.3, -0.25) is 4.79 Å². The molecule has 14 heavy (non-hydrogen) atoms. The molecule has 0 atom stereocenters. The van der Waals surface area contributed by atoms with Crippen molar-refractivity contribution in [3.63, 3.8) is 0 Å². The van der Waals surface area contributed by atoms with Crippen molar-refractivity contribution >= 4 is 5.91 Å². The van der Waals surface area contributed by atoms with E-state index in [2.05, 4.69) is 11.4 Å². The van der Waals surface area contributed by atoms with E-state index in [0.717, 1.165) is 12.8 Å². The third-order valence-corrected chi connectivity index (χ3v) is 1.59. The van der Waals surface area contributed by atoms with Gasteiger partial charge in [0.05, 0.1) is 12.2 Å². The molecule has 0 aromatic rings. The van der Waals surface area contributed by atoms with E-state index in [1.807, 2.05) is 13.8 Å². The lowest BCUT2D eigenvalue weighted by molar-refractivity contribution is -0.127. The van der Waals surface area contributed by atoms with Crippen molar-refractivity contribution in [1.29, 1.82) is 5.26 Å². The topological polar surface area (TPSA) is 62.1 Å². The number of hydrogen-bond acceptors (Lipinski definition) is 3. The molecule has 80 valence electrons. The Morgan fingerprint density at radius 2 is 2.21 bits per heavy atom. The molecule has 0 aliphatic carbocycles. The predicted molar refractivity (Wildman–Crippen MR) is 53.6 cm³/mol. The van der Waals surface area contributed by atoms with Gasteiger partial charge in [0.15, 0.2) is 0 Å². The van der Waals surface area contributed by atoms with Crippen molar-refractivity contribution in [3.05, 3.63) is 0 Å². The maximum Gasteiger partial charge on any atom is 0.246 e. The molecule has 0 radical (unpaired) electrons. The lowest BCUT2D eigenvalue weighted by Gasteiger charge is -2.07. The van der Waals surface area contributed by atoms with E-state index in [1.165, 1.54) is 0 Å². The molecule has 0 rings (SSSR count). The summed E-state index contributed by atoms with van der Waals surface area (Å²) >= 11 is 0. The van der Waals surface area contributed by atoms with Crippen molar-refractivity contribution in [2.45, 2.75) is 39.2 Å². The second kappa shape index (κ2) is 8.52. The Labute approximate surface area is 85.2 Å². The summed E-state index contributed by atoms with van der Waals surface area (Å²) < 4.78 is 5.12. The molecule has 0 fully saturated rings. The first-order valence-electron chi connectivity index (χ1n) is 4.92. The van der Waals surface area contributed by atoms with E-state index < -0.39 is 0 Å². The van der Waals surface area contributed by atoms with Gasteiger partial charge in [-0.05, 0) is 26.7 Å². The standard InChI is InChI=1S/C10H18N2O2/c1-9(2)14-8-10(13)12-7-5-3-4-6-11/h9H,3-5,7-8H2,1-2H3,(H,12,13). The van der Waals surface area contributed by atoms with Gasteiger partial charge in [-0.25, -0.2) is 0 Å². The molecule has 0 aliphatic rings. The molecule has 4 nitrogen and oxygen atoms in total. The minimum absolute atomic E-state index is 0.0827. The molecule has 0 bridgehead atoms. The number of nitrogens with zero attached hydrogens (tertiary/aromatic N) is 1. The van der Waals surface area contributed by atoms with Crippen molar-refractivity contribution in [2.75, 3.05) is 13.2 Å². The average molecular weight is 198 g/mol. The van der Waals surface area contributed by atoms with Crippen LogP contribution in [0.15, 0.2) is 0 Å². The van der Waals surface area contributed by atoms with Gasteiger partial charge in [-0.15, -0.1) is 0 Å². The number of hydrogen-bond donors (Lipinski definition) is 1. The van der Waals surface area contributed by atoms with Crippen LogP contribution in [0.5, 0.6) is 0 Å². The molecular formula is C10H18N2O2. The van der Waals surface area contributed by atoms with Gasteiger partial charge in [0.25, 0.3) is 0 Å². The van der Waals surface area contributed by atoms with E-state index in [9.17, 15) is 4.79 Å². The van der Waals surface area contributed by atoms with Gasteiger partial charge in [-0.1, -0.05) is 0 Å². The Kier molecular flexibility index (Phi) is 7.86. The molecule has 4 heteroatoms. The van der Waals surface area contributed by atoms with E-state index in [1.54, 1.807) is 0 Å². The number of carbonyl (C=O) groups is 1. The van der Waals surface area contributed by atoms with Crippen LogP contribution >= 0.6 is 0 Å². The third kappa shape index (κ3) is 9.01. The Hall–Kier alpha value is -1.08.